The monoisotopic (exact) mass is 202 g/mol. The standard InChI is InChI=1S/2C5H12O.Mg.2H/c2*1-2-3-4-5-6;;;/h2*6H,2-5H2,1H3;;;/q;;+2;2*-1. The van der Waals surface area contributed by atoms with E-state index in [1.54, 1.807) is 0 Å². The van der Waals surface area contributed by atoms with Gasteiger partial charge in [0.05, 0.1) is 0 Å². The van der Waals surface area contributed by atoms with Gasteiger partial charge in [0.15, 0.2) is 0 Å². The molecule has 0 heterocycles. The summed E-state index contributed by atoms with van der Waals surface area (Å²) in [4.78, 5) is 0. The molecule has 0 aliphatic rings. The Morgan fingerprint density at radius 3 is 1.15 bits per heavy atom. The first kappa shape index (κ1) is 19.3. The van der Waals surface area contributed by atoms with Crippen LogP contribution in [0.3, 0.4) is 0 Å². The van der Waals surface area contributed by atoms with Gasteiger partial charge < -0.3 is 13.1 Å². The van der Waals surface area contributed by atoms with E-state index in [0.29, 0.717) is 13.2 Å². The molecule has 80 valence electrons. The van der Waals surface area contributed by atoms with Crippen LogP contribution >= 0.6 is 0 Å². The van der Waals surface area contributed by atoms with Crippen LogP contribution in [0.4, 0.5) is 0 Å². The molecule has 0 aromatic rings. The third-order valence-corrected chi connectivity index (χ3v) is 1.52. The maximum absolute atomic E-state index is 8.20. The molecule has 13 heavy (non-hydrogen) atoms. The van der Waals surface area contributed by atoms with Crippen molar-refractivity contribution in [2.75, 3.05) is 13.2 Å². The summed E-state index contributed by atoms with van der Waals surface area (Å²) in [5.74, 6) is 0. The van der Waals surface area contributed by atoms with Gasteiger partial charge in [0.1, 0.15) is 0 Å². The van der Waals surface area contributed by atoms with Gasteiger partial charge in [-0.1, -0.05) is 39.5 Å². The first-order valence-corrected chi connectivity index (χ1v) is 5.05. The fraction of sp³-hybridized carbons (Fsp3) is 1.00. The Morgan fingerprint density at radius 2 is 1.08 bits per heavy atom. The van der Waals surface area contributed by atoms with Crippen LogP contribution in [0.15, 0.2) is 0 Å². The molecule has 0 amide bonds. The minimum Gasteiger partial charge on any atom is -1.00 e. The van der Waals surface area contributed by atoms with Crippen molar-refractivity contribution in [2.45, 2.75) is 52.4 Å². The summed E-state index contributed by atoms with van der Waals surface area (Å²) in [6.07, 6.45) is 6.65. The summed E-state index contributed by atoms with van der Waals surface area (Å²) in [7, 11) is 0. The molecular formula is C10H26MgO2. The Bertz CT molecular complexity index is 53.4. The predicted octanol–water partition coefficient (Wildman–Crippen LogP) is 2.18. The van der Waals surface area contributed by atoms with E-state index in [-0.39, 0.29) is 25.9 Å². The van der Waals surface area contributed by atoms with Crippen molar-refractivity contribution in [1.29, 1.82) is 0 Å². The van der Waals surface area contributed by atoms with E-state index in [1.165, 1.54) is 12.8 Å². The maximum Gasteiger partial charge on any atom is 2.00 e. The third kappa shape index (κ3) is 32.4. The van der Waals surface area contributed by atoms with Crippen molar-refractivity contribution >= 4 is 23.1 Å². The molecule has 0 unspecified atom stereocenters. The van der Waals surface area contributed by atoms with E-state index >= 15 is 0 Å². The molecule has 0 spiro atoms. The second-order valence-electron chi connectivity index (χ2n) is 2.86. The zero-order valence-electron chi connectivity index (χ0n) is 11.3. The molecule has 3 heteroatoms. The summed E-state index contributed by atoms with van der Waals surface area (Å²) in [6, 6.07) is 0. The summed E-state index contributed by atoms with van der Waals surface area (Å²) in [6.45, 7) is 4.95. The van der Waals surface area contributed by atoms with Crippen LogP contribution < -0.4 is 0 Å². The normalized spacial score (nSPS) is 8.31. The van der Waals surface area contributed by atoms with Crippen LogP contribution in [-0.4, -0.2) is 46.5 Å². The fourth-order valence-corrected chi connectivity index (χ4v) is 0.724. The van der Waals surface area contributed by atoms with Crippen LogP contribution in [0, 0.1) is 0 Å². The Morgan fingerprint density at radius 1 is 0.769 bits per heavy atom. The third-order valence-electron chi connectivity index (χ3n) is 1.52. The van der Waals surface area contributed by atoms with E-state index in [9.17, 15) is 0 Å². The van der Waals surface area contributed by atoms with E-state index in [0.717, 1.165) is 25.7 Å². The summed E-state index contributed by atoms with van der Waals surface area (Å²) < 4.78 is 0. The molecule has 0 aliphatic heterocycles. The molecule has 0 rings (SSSR count). The van der Waals surface area contributed by atoms with Crippen molar-refractivity contribution in [1.82, 2.24) is 0 Å². The van der Waals surface area contributed by atoms with Gasteiger partial charge >= 0.3 is 23.1 Å². The molecule has 2 N–H and O–H groups in total. The number of hydrogen-bond donors (Lipinski definition) is 2. The molecule has 0 radical (unpaired) electrons. The van der Waals surface area contributed by atoms with Crippen molar-refractivity contribution in [3.05, 3.63) is 0 Å². The minimum atomic E-state index is 0. The first-order valence-electron chi connectivity index (χ1n) is 5.05. The van der Waals surface area contributed by atoms with Crippen molar-refractivity contribution in [3.8, 4) is 0 Å². The zero-order valence-corrected chi connectivity index (χ0v) is 10.7. The van der Waals surface area contributed by atoms with E-state index in [4.69, 9.17) is 10.2 Å². The summed E-state index contributed by atoms with van der Waals surface area (Å²) >= 11 is 0. The SMILES string of the molecule is CCCCCO.CCCCCO.[H-].[H-].[Mg+2]. The Labute approximate surface area is 102 Å². The van der Waals surface area contributed by atoms with Crippen molar-refractivity contribution in [2.24, 2.45) is 0 Å². The average molecular weight is 203 g/mol. The minimum absolute atomic E-state index is 0. The number of aliphatic hydroxyl groups is 2. The van der Waals surface area contributed by atoms with Crippen molar-refractivity contribution < 1.29 is 13.1 Å². The van der Waals surface area contributed by atoms with Gasteiger partial charge in [-0.15, -0.1) is 0 Å². The number of hydrogen-bond acceptors (Lipinski definition) is 2. The second-order valence-corrected chi connectivity index (χ2v) is 2.86. The van der Waals surface area contributed by atoms with Crippen LogP contribution in [0.1, 0.15) is 55.2 Å². The van der Waals surface area contributed by atoms with E-state index < -0.39 is 0 Å². The molecule has 0 fully saturated rings. The molecule has 0 aromatic heterocycles. The topological polar surface area (TPSA) is 40.5 Å². The predicted molar refractivity (Wildman–Crippen MR) is 61.2 cm³/mol. The summed E-state index contributed by atoms with van der Waals surface area (Å²) in [5.41, 5.74) is 0. The van der Waals surface area contributed by atoms with E-state index in [1.807, 2.05) is 0 Å². The largest absolute Gasteiger partial charge is 2.00 e. The van der Waals surface area contributed by atoms with E-state index in [2.05, 4.69) is 13.8 Å². The molecular weight excluding hydrogens is 176 g/mol. The van der Waals surface area contributed by atoms with Crippen LogP contribution in [0.2, 0.25) is 0 Å². The maximum atomic E-state index is 8.20. The van der Waals surface area contributed by atoms with Gasteiger partial charge in [-0.2, -0.15) is 0 Å². The molecule has 0 aromatic carbocycles. The Hall–Kier alpha value is 0.686. The van der Waals surface area contributed by atoms with Gasteiger partial charge in [0.25, 0.3) is 0 Å². The molecule has 0 saturated carbocycles. The zero-order chi connectivity index (χ0) is 9.66. The second kappa shape index (κ2) is 23.0. The van der Waals surface area contributed by atoms with Gasteiger partial charge in [0, 0.05) is 13.2 Å². The molecule has 0 aliphatic carbocycles. The Balaban J connectivity index is -0.0000000370. The van der Waals surface area contributed by atoms with Crippen molar-refractivity contribution in [3.63, 3.8) is 0 Å². The first-order chi connectivity index (χ1) is 5.83. The fourth-order valence-electron chi connectivity index (χ4n) is 0.724. The number of rotatable bonds is 6. The Kier molecular flexibility index (Phi) is 34.1. The number of unbranched alkanes of at least 4 members (excludes halogenated alkanes) is 4. The molecule has 0 bridgehead atoms. The van der Waals surface area contributed by atoms with Gasteiger partial charge in [-0.3, -0.25) is 0 Å². The van der Waals surface area contributed by atoms with Crippen LogP contribution in [-0.2, 0) is 0 Å². The average Bonchev–Trinajstić information content (AvgIpc) is 2.12. The molecule has 0 saturated heterocycles. The smallest absolute Gasteiger partial charge is 1.00 e. The quantitative estimate of drug-likeness (QED) is 0.512. The molecule has 2 nitrogen and oxygen atoms in total. The van der Waals surface area contributed by atoms with Gasteiger partial charge in [-0.25, -0.2) is 0 Å². The van der Waals surface area contributed by atoms with Gasteiger partial charge in [0.2, 0.25) is 0 Å². The van der Waals surface area contributed by atoms with Crippen LogP contribution in [0.25, 0.3) is 0 Å². The van der Waals surface area contributed by atoms with Gasteiger partial charge in [-0.05, 0) is 12.8 Å². The summed E-state index contributed by atoms with van der Waals surface area (Å²) in [5, 5.41) is 16.4. The van der Waals surface area contributed by atoms with Crippen LogP contribution in [0.5, 0.6) is 0 Å². The molecule has 0 atom stereocenters. The number of aliphatic hydroxyl groups excluding tert-OH is 2.